The Hall–Kier alpha value is -1.06. The van der Waals surface area contributed by atoms with Gasteiger partial charge in [0.1, 0.15) is 6.04 Å². The van der Waals surface area contributed by atoms with Crippen LogP contribution in [0.15, 0.2) is 30.3 Å². The SMILES string of the molecule is Cl.O=C(O)C1NCCCC1c1ccccc1. The van der Waals surface area contributed by atoms with Crippen LogP contribution in [0.1, 0.15) is 24.3 Å². The number of carbonyl (C=O) groups is 1. The van der Waals surface area contributed by atoms with Gasteiger partial charge in [0.05, 0.1) is 0 Å². The van der Waals surface area contributed by atoms with Crippen LogP contribution < -0.4 is 5.32 Å². The molecule has 2 rings (SSSR count). The standard InChI is InChI=1S/C12H15NO2.ClH/c14-12(15)11-10(7-4-8-13-11)9-5-2-1-3-6-9;/h1-3,5-6,10-11,13H,4,7-8H2,(H,14,15);1H. The molecular weight excluding hydrogens is 226 g/mol. The third-order valence-electron chi connectivity index (χ3n) is 2.95. The molecular formula is C12H16ClNO2. The van der Waals surface area contributed by atoms with Crippen molar-refractivity contribution in [3.05, 3.63) is 35.9 Å². The fraction of sp³-hybridized carbons (Fsp3) is 0.417. The van der Waals surface area contributed by atoms with Crippen LogP contribution in [0.2, 0.25) is 0 Å². The predicted molar refractivity (Wildman–Crippen MR) is 65.1 cm³/mol. The highest BCUT2D eigenvalue weighted by atomic mass is 35.5. The van der Waals surface area contributed by atoms with Gasteiger partial charge in [-0.05, 0) is 24.9 Å². The van der Waals surface area contributed by atoms with Gasteiger partial charge in [-0.1, -0.05) is 30.3 Å². The van der Waals surface area contributed by atoms with E-state index in [0.29, 0.717) is 0 Å². The number of halogens is 1. The van der Waals surface area contributed by atoms with Gasteiger partial charge in [-0.2, -0.15) is 0 Å². The number of piperidine rings is 1. The van der Waals surface area contributed by atoms with E-state index >= 15 is 0 Å². The summed E-state index contributed by atoms with van der Waals surface area (Å²) < 4.78 is 0. The molecule has 2 unspecified atom stereocenters. The van der Waals surface area contributed by atoms with Crippen molar-refractivity contribution in [1.29, 1.82) is 0 Å². The molecule has 1 aromatic rings. The van der Waals surface area contributed by atoms with Gasteiger partial charge in [0.2, 0.25) is 0 Å². The normalized spacial score (nSPS) is 24.5. The van der Waals surface area contributed by atoms with Crippen LogP contribution in [-0.4, -0.2) is 23.7 Å². The summed E-state index contributed by atoms with van der Waals surface area (Å²) in [6.07, 6.45) is 2.00. The summed E-state index contributed by atoms with van der Waals surface area (Å²) in [5, 5.41) is 12.2. The molecule has 0 amide bonds. The first kappa shape index (κ1) is 13.0. The molecule has 1 aliphatic heterocycles. The van der Waals surface area contributed by atoms with Crippen LogP contribution in [0.25, 0.3) is 0 Å². The highest BCUT2D eigenvalue weighted by Crippen LogP contribution is 2.27. The van der Waals surface area contributed by atoms with E-state index < -0.39 is 12.0 Å². The van der Waals surface area contributed by atoms with Gasteiger partial charge >= 0.3 is 5.97 Å². The third-order valence-corrected chi connectivity index (χ3v) is 2.95. The number of aliphatic carboxylic acids is 1. The van der Waals surface area contributed by atoms with E-state index in [1.165, 1.54) is 0 Å². The van der Waals surface area contributed by atoms with Crippen molar-refractivity contribution in [2.24, 2.45) is 0 Å². The van der Waals surface area contributed by atoms with Crippen molar-refractivity contribution in [1.82, 2.24) is 5.32 Å². The van der Waals surface area contributed by atoms with Crippen LogP contribution in [-0.2, 0) is 4.79 Å². The Labute approximate surface area is 101 Å². The Morgan fingerprint density at radius 1 is 1.31 bits per heavy atom. The molecule has 1 heterocycles. The minimum Gasteiger partial charge on any atom is -0.480 e. The first-order chi connectivity index (χ1) is 7.29. The highest BCUT2D eigenvalue weighted by Gasteiger charge is 2.31. The molecule has 0 aliphatic carbocycles. The Bertz CT molecular complexity index is 342. The molecule has 2 atom stereocenters. The van der Waals surface area contributed by atoms with Crippen LogP contribution in [0, 0.1) is 0 Å². The fourth-order valence-electron chi connectivity index (χ4n) is 2.21. The lowest BCUT2D eigenvalue weighted by atomic mass is 9.85. The van der Waals surface area contributed by atoms with Crippen LogP contribution >= 0.6 is 12.4 Å². The topological polar surface area (TPSA) is 49.3 Å². The molecule has 3 nitrogen and oxygen atoms in total. The quantitative estimate of drug-likeness (QED) is 0.833. The third kappa shape index (κ3) is 2.74. The number of nitrogens with one attached hydrogen (secondary N) is 1. The monoisotopic (exact) mass is 241 g/mol. The molecule has 1 saturated heterocycles. The molecule has 16 heavy (non-hydrogen) atoms. The average molecular weight is 242 g/mol. The largest absolute Gasteiger partial charge is 0.480 e. The zero-order valence-electron chi connectivity index (χ0n) is 8.93. The van der Waals surface area contributed by atoms with Gasteiger partial charge in [0, 0.05) is 5.92 Å². The number of carboxylic acid groups (broad SMARTS) is 1. The lowest BCUT2D eigenvalue weighted by Crippen LogP contribution is -2.45. The maximum absolute atomic E-state index is 11.1. The van der Waals surface area contributed by atoms with Crippen molar-refractivity contribution in [3.63, 3.8) is 0 Å². The van der Waals surface area contributed by atoms with Crippen molar-refractivity contribution < 1.29 is 9.90 Å². The molecule has 1 aromatic carbocycles. The Morgan fingerprint density at radius 3 is 2.62 bits per heavy atom. The summed E-state index contributed by atoms with van der Waals surface area (Å²) in [7, 11) is 0. The van der Waals surface area contributed by atoms with E-state index in [0.717, 1.165) is 24.9 Å². The second-order valence-electron chi connectivity index (χ2n) is 3.93. The van der Waals surface area contributed by atoms with Gasteiger partial charge in [-0.3, -0.25) is 4.79 Å². The van der Waals surface area contributed by atoms with Gasteiger partial charge in [0.25, 0.3) is 0 Å². The van der Waals surface area contributed by atoms with E-state index in [9.17, 15) is 4.79 Å². The van der Waals surface area contributed by atoms with E-state index in [1.54, 1.807) is 0 Å². The van der Waals surface area contributed by atoms with Crippen LogP contribution in [0.4, 0.5) is 0 Å². The maximum Gasteiger partial charge on any atom is 0.321 e. The molecule has 2 N–H and O–H groups in total. The van der Waals surface area contributed by atoms with Gasteiger partial charge in [0.15, 0.2) is 0 Å². The van der Waals surface area contributed by atoms with Crippen molar-refractivity contribution in [3.8, 4) is 0 Å². The number of hydrogen-bond donors (Lipinski definition) is 2. The molecule has 0 saturated carbocycles. The second-order valence-corrected chi connectivity index (χ2v) is 3.93. The Kier molecular flexibility index (Phi) is 4.77. The van der Waals surface area contributed by atoms with E-state index in [-0.39, 0.29) is 18.3 Å². The Balaban J connectivity index is 0.00000128. The number of rotatable bonds is 2. The number of carboxylic acids is 1. The van der Waals surface area contributed by atoms with Crippen molar-refractivity contribution >= 4 is 18.4 Å². The minimum absolute atomic E-state index is 0. The molecule has 1 aliphatic rings. The van der Waals surface area contributed by atoms with Crippen molar-refractivity contribution in [2.45, 2.75) is 24.8 Å². The van der Waals surface area contributed by atoms with Crippen LogP contribution in [0.5, 0.6) is 0 Å². The van der Waals surface area contributed by atoms with Gasteiger partial charge in [-0.15, -0.1) is 12.4 Å². The lowest BCUT2D eigenvalue weighted by molar-refractivity contribution is -0.140. The van der Waals surface area contributed by atoms with E-state index in [4.69, 9.17) is 5.11 Å². The summed E-state index contributed by atoms with van der Waals surface area (Å²) in [4.78, 5) is 11.1. The number of benzene rings is 1. The summed E-state index contributed by atoms with van der Waals surface area (Å²) in [6, 6.07) is 9.46. The Morgan fingerprint density at radius 2 is 2.00 bits per heavy atom. The maximum atomic E-state index is 11.1. The number of hydrogen-bond acceptors (Lipinski definition) is 2. The van der Waals surface area contributed by atoms with Crippen molar-refractivity contribution in [2.75, 3.05) is 6.54 Å². The predicted octanol–water partition coefficient (Wildman–Crippen LogP) is 2.03. The molecule has 88 valence electrons. The van der Waals surface area contributed by atoms with E-state index in [1.807, 2.05) is 30.3 Å². The first-order valence-electron chi connectivity index (χ1n) is 5.30. The van der Waals surface area contributed by atoms with Crippen LogP contribution in [0.3, 0.4) is 0 Å². The molecule has 0 bridgehead atoms. The summed E-state index contributed by atoms with van der Waals surface area (Å²) in [5.41, 5.74) is 1.12. The smallest absolute Gasteiger partial charge is 0.321 e. The molecule has 0 radical (unpaired) electrons. The summed E-state index contributed by atoms with van der Waals surface area (Å²) in [5.74, 6) is -0.638. The second kappa shape index (κ2) is 5.87. The fourth-order valence-corrected chi connectivity index (χ4v) is 2.21. The summed E-state index contributed by atoms with van der Waals surface area (Å²) in [6.45, 7) is 0.806. The lowest BCUT2D eigenvalue weighted by Gasteiger charge is -2.29. The molecule has 1 fully saturated rings. The average Bonchev–Trinajstić information content (AvgIpc) is 2.30. The molecule has 0 spiro atoms. The summed E-state index contributed by atoms with van der Waals surface area (Å²) >= 11 is 0. The molecule has 0 aromatic heterocycles. The highest BCUT2D eigenvalue weighted by molar-refractivity contribution is 5.85. The zero-order chi connectivity index (χ0) is 10.7. The zero-order valence-corrected chi connectivity index (χ0v) is 9.74. The van der Waals surface area contributed by atoms with E-state index in [2.05, 4.69) is 5.32 Å². The first-order valence-corrected chi connectivity index (χ1v) is 5.30. The minimum atomic E-state index is -0.747. The van der Waals surface area contributed by atoms with Gasteiger partial charge < -0.3 is 10.4 Å². The molecule has 4 heteroatoms. The van der Waals surface area contributed by atoms with Gasteiger partial charge in [-0.25, -0.2) is 0 Å².